The van der Waals surface area contributed by atoms with E-state index >= 15 is 0 Å². The monoisotopic (exact) mass is 228 g/mol. The van der Waals surface area contributed by atoms with E-state index in [0.29, 0.717) is 10.9 Å². The van der Waals surface area contributed by atoms with Gasteiger partial charge in [-0.25, -0.2) is 0 Å². The van der Waals surface area contributed by atoms with Crippen molar-refractivity contribution in [3.05, 3.63) is 16.9 Å². The second-order valence-electron chi connectivity index (χ2n) is 4.94. The molecule has 4 heteroatoms. The zero-order valence-electron chi connectivity index (χ0n) is 9.37. The molecule has 0 saturated heterocycles. The molecular formula is C11H17ClN2O. The molecule has 0 radical (unpaired) electrons. The number of hydrogen-bond donors (Lipinski definition) is 1. The summed E-state index contributed by atoms with van der Waals surface area (Å²) in [7, 11) is 0. The Kier molecular flexibility index (Phi) is 2.55. The van der Waals surface area contributed by atoms with E-state index in [9.17, 15) is 5.11 Å². The molecule has 2 rings (SSSR count). The topological polar surface area (TPSA) is 38.0 Å². The lowest BCUT2D eigenvalue weighted by Gasteiger charge is -2.14. The highest BCUT2D eigenvalue weighted by Gasteiger charge is 2.51. The highest BCUT2D eigenvalue weighted by atomic mass is 35.5. The van der Waals surface area contributed by atoms with Crippen molar-refractivity contribution in [3.8, 4) is 0 Å². The molecule has 1 aliphatic carbocycles. The average molecular weight is 229 g/mol. The van der Waals surface area contributed by atoms with E-state index in [1.165, 1.54) is 0 Å². The van der Waals surface area contributed by atoms with Crippen LogP contribution >= 0.6 is 11.6 Å². The first-order chi connectivity index (χ1) is 6.97. The lowest BCUT2D eigenvalue weighted by molar-refractivity contribution is 0.128. The summed E-state index contributed by atoms with van der Waals surface area (Å²) in [6.07, 6.45) is 2.19. The third-order valence-electron chi connectivity index (χ3n) is 3.38. The van der Waals surface area contributed by atoms with Gasteiger partial charge in [0.15, 0.2) is 0 Å². The minimum atomic E-state index is -0.477. The Morgan fingerprint density at radius 1 is 1.73 bits per heavy atom. The van der Waals surface area contributed by atoms with Gasteiger partial charge in [-0.1, -0.05) is 25.4 Å². The molecule has 0 aromatic carbocycles. The van der Waals surface area contributed by atoms with Gasteiger partial charge in [0, 0.05) is 6.54 Å². The summed E-state index contributed by atoms with van der Waals surface area (Å²) in [4.78, 5) is 0. The molecule has 2 unspecified atom stereocenters. The lowest BCUT2D eigenvalue weighted by atomic mass is 10.0. The molecule has 0 bridgehead atoms. The fourth-order valence-corrected chi connectivity index (χ4v) is 2.41. The van der Waals surface area contributed by atoms with E-state index in [2.05, 4.69) is 18.9 Å². The van der Waals surface area contributed by atoms with Crippen LogP contribution in [0.4, 0.5) is 0 Å². The van der Waals surface area contributed by atoms with Gasteiger partial charge in [-0.2, -0.15) is 5.10 Å². The van der Waals surface area contributed by atoms with Crippen molar-refractivity contribution < 1.29 is 5.11 Å². The molecule has 84 valence electrons. The lowest BCUT2D eigenvalue weighted by Crippen LogP contribution is -2.12. The Labute approximate surface area is 95.0 Å². The van der Waals surface area contributed by atoms with E-state index < -0.39 is 6.10 Å². The van der Waals surface area contributed by atoms with E-state index in [4.69, 9.17) is 11.6 Å². The van der Waals surface area contributed by atoms with Crippen molar-refractivity contribution in [1.82, 2.24) is 9.78 Å². The average Bonchev–Trinajstić information content (AvgIpc) is 2.65. The van der Waals surface area contributed by atoms with Crippen LogP contribution in [0.1, 0.15) is 39.0 Å². The third kappa shape index (κ3) is 1.79. The van der Waals surface area contributed by atoms with Crippen molar-refractivity contribution in [1.29, 1.82) is 0 Å². The van der Waals surface area contributed by atoms with Gasteiger partial charge in [-0.05, 0) is 24.7 Å². The van der Waals surface area contributed by atoms with Crippen LogP contribution in [-0.4, -0.2) is 14.9 Å². The van der Waals surface area contributed by atoms with Gasteiger partial charge in [-0.15, -0.1) is 0 Å². The van der Waals surface area contributed by atoms with Crippen LogP contribution in [0, 0.1) is 11.3 Å². The quantitative estimate of drug-likeness (QED) is 0.864. The maximum atomic E-state index is 10.2. The fourth-order valence-electron chi connectivity index (χ4n) is 2.16. The molecule has 1 aromatic heterocycles. The van der Waals surface area contributed by atoms with Gasteiger partial charge in [0.1, 0.15) is 6.10 Å². The number of halogens is 1. The van der Waals surface area contributed by atoms with Gasteiger partial charge in [-0.3, -0.25) is 4.68 Å². The van der Waals surface area contributed by atoms with Crippen LogP contribution in [0.15, 0.2) is 6.20 Å². The molecule has 3 nitrogen and oxygen atoms in total. The Balaban J connectivity index is 2.25. The number of aliphatic hydroxyl groups excluding tert-OH is 1. The van der Waals surface area contributed by atoms with Crippen LogP contribution in [0.25, 0.3) is 0 Å². The van der Waals surface area contributed by atoms with Crippen molar-refractivity contribution in [3.63, 3.8) is 0 Å². The normalized spacial score (nSPS) is 25.3. The number of hydrogen-bond acceptors (Lipinski definition) is 2. The summed E-state index contributed by atoms with van der Waals surface area (Å²) in [6, 6.07) is 0. The predicted molar refractivity (Wildman–Crippen MR) is 59.8 cm³/mol. The first kappa shape index (κ1) is 11.0. The zero-order valence-corrected chi connectivity index (χ0v) is 10.1. The zero-order chi connectivity index (χ0) is 11.2. The van der Waals surface area contributed by atoms with Crippen LogP contribution < -0.4 is 0 Å². The predicted octanol–water partition coefficient (Wildman–Crippen LogP) is 2.64. The Bertz CT molecular complexity index is 373. The van der Waals surface area contributed by atoms with Crippen molar-refractivity contribution in [2.45, 2.75) is 39.8 Å². The summed E-state index contributed by atoms with van der Waals surface area (Å²) < 4.78 is 1.78. The van der Waals surface area contributed by atoms with E-state index in [-0.39, 0.29) is 5.41 Å². The van der Waals surface area contributed by atoms with Crippen molar-refractivity contribution in [2.24, 2.45) is 11.3 Å². The van der Waals surface area contributed by atoms with E-state index in [1.807, 2.05) is 6.92 Å². The molecule has 0 spiro atoms. The summed E-state index contributed by atoms with van der Waals surface area (Å²) >= 11 is 6.04. The fraction of sp³-hybridized carbons (Fsp3) is 0.727. The summed E-state index contributed by atoms with van der Waals surface area (Å²) in [5.41, 5.74) is 1.01. The van der Waals surface area contributed by atoms with E-state index in [1.54, 1.807) is 10.9 Å². The maximum Gasteiger partial charge on any atom is 0.100 e. The smallest absolute Gasteiger partial charge is 0.100 e. The standard InChI is InChI=1S/C11H17ClN2O/c1-4-14-9(8(12)6-13-14)10(15)7-5-11(7,2)3/h6-7,10,15H,4-5H2,1-3H3. The molecular weight excluding hydrogens is 212 g/mol. The molecule has 15 heavy (non-hydrogen) atoms. The molecule has 1 aliphatic rings. The van der Waals surface area contributed by atoms with Gasteiger partial charge in [0.25, 0.3) is 0 Å². The highest BCUT2D eigenvalue weighted by Crippen LogP contribution is 2.58. The second kappa shape index (κ2) is 3.49. The molecule has 2 atom stereocenters. The maximum absolute atomic E-state index is 10.2. The van der Waals surface area contributed by atoms with Gasteiger partial charge < -0.3 is 5.11 Å². The Morgan fingerprint density at radius 2 is 2.33 bits per heavy atom. The largest absolute Gasteiger partial charge is 0.386 e. The van der Waals surface area contributed by atoms with Crippen molar-refractivity contribution >= 4 is 11.6 Å². The molecule has 1 N–H and O–H groups in total. The number of nitrogens with zero attached hydrogens (tertiary/aromatic N) is 2. The SMILES string of the molecule is CCn1ncc(Cl)c1C(O)C1CC1(C)C. The molecule has 0 aliphatic heterocycles. The number of aryl methyl sites for hydroxylation is 1. The van der Waals surface area contributed by atoms with Crippen LogP contribution in [0.5, 0.6) is 0 Å². The van der Waals surface area contributed by atoms with Crippen LogP contribution in [0.3, 0.4) is 0 Å². The first-order valence-corrected chi connectivity index (χ1v) is 5.74. The highest BCUT2D eigenvalue weighted by molar-refractivity contribution is 6.31. The molecule has 1 fully saturated rings. The van der Waals surface area contributed by atoms with Crippen LogP contribution in [-0.2, 0) is 6.54 Å². The third-order valence-corrected chi connectivity index (χ3v) is 3.67. The number of aromatic nitrogens is 2. The summed E-state index contributed by atoms with van der Waals surface area (Å²) in [6.45, 7) is 7.08. The molecule has 1 aromatic rings. The summed E-state index contributed by atoms with van der Waals surface area (Å²) in [5, 5.41) is 14.9. The second-order valence-corrected chi connectivity index (χ2v) is 5.34. The first-order valence-electron chi connectivity index (χ1n) is 5.36. The minimum Gasteiger partial charge on any atom is -0.386 e. The molecule has 1 heterocycles. The molecule has 0 amide bonds. The van der Waals surface area contributed by atoms with Crippen LogP contribution in [0.2, 0.25) is 5.02 Å². The van der Waals surface area contributed by atoms with Gasteiger partial charge in [0.05, 0.1) is 16.9 Å². The Morgan fingerprint density at radius 3 is 2.80 bits per heavy atom. The molecule has 1 saturated carbocycles. The summed E-state index contributed by atoms with van der Waals surface area (Å²) in [5.74, 6) is 0.317. The number of rotatable bonds is 3. The minimum absolute atomic E-state index is 0.242. The number of aliphatic hydroxyl groups is 1. The van der Waals surface area contributed by atoms with Crippen molar-refractivity contribution in [2.75, 3.05) is 0 Å². The van der Waals surface area contributed by atoms with E-state index in [0.717, 1.165) is 18.7 Å². The van der Waals surface area contributed by atoms with Gasteiger partial charge >= 0.3 is 0 Å². The Hall–Kier alpha value is -0.540. The van der Waals surface area contributed by atoms with Gasteiger partial charge in [0.2, 0.25) is 0 Å².